The van der Waals surface area contributed by atoms with E-state index >= 15 is 0 Å². The van der Waals surface area contributed by atoms with Crippen molar-refractivity contribution >= 4 is 17.4 Å². The molecule has 1 amide bonds. The lowest BCUT2D eigenvalue weighted by Gasteiger charge is -2.35. The zero-order chi connectivity index (χ0) is 19.2. The lowest BCUT2D eigenvalue weighted by Crippen LogP contribution is -2.46. The average Bonchev–Trinajstić information content (AvgIpc) is 2.76. The van der Waals surface area contributed by atoms with E-state index in [0.717, 1.165) is 44.2 Å². The number of hydrogen-bond donors (Lipinski definition) is 1. The lowest BCUT2D eigenvalue weighted by molar-refractivity contribution is 0.102. The Labute approximate surface area is 164 Å². The van der Waals surface area contributed by atoms with Gasteiger partial charge in [-0.1, -0.05) is 30.3 Å². The van der Waals surface area contributed by atoms with Gasteiger partial charge in [-0.3, -0.25) is 14.7 Å². The van der Waals surface area contributed by atoms with Crippen LogP contribution in [0.4, 0.5) is 11.5 Å². The minimum atomic E-state index is -0.0877. The summed E-state index contributed by atoms with van der Waals surface area (Å²) in [5.41, 5.74) is 2.68. The Hall–Kier alpha value is -3.25. The first-order valence-electron chi connectivity index (χ1n) is 9.46. The van der Waals surface area contributed by atoms with Crippen LogP contribution < -0.4 is 10.2 Å². The first-order valence-corrected chi connectivity index (χ1v) is 9.46. The summed E-state index contributed by atoms with van der Waals surface area (Å²) in [7, 11) is 0. The molecular formula is C22H23N5O. The second-order valence-corrected chi connectivity index (χ2v) is 6.84. The summed E-state index contributed by atoms with van der Waals surface area (Å²) in [5.74, 6) is 0.853. The monoisotopic (exact) mass is 373 g/mol. The molecule has 1 aromatic heterocycles. The Morgan fingerprint density at radius 3 is 2.36 bits per heavy atom. The zero-order valence-corrected chi connectivity index (χ0v) is 15.7. The van der Waals surface area contributed by atoms with Crippen LogP contribution in [0.1, 0.15) is 15.9 Å². The molecular weight excluding hydrogens is 350 g/mol. The molecule has 0 saturated carbocycles. The summed E-state index contributed by atoms with van der Waals surface area (Å²) < 4.78 is 0. The van der Waals surface area contributed by atoms with E-state index in [1.54, 1.807) is 12.4 Å². The van der Waals surface area contributed by atoms with E-state index in [1.807, 2.05) is 60.8 Å². The smallest absolute Gasteiger partial charge is 0.255 e. The fourth-order valence-corrected chi connectivity index (χ4v) is 3.33. The number of hydrogen-bond acceptors (Lipinski definition) is 5. The summed E-state index contributed by atoms with van der Waals surface area (Å²) in [6, 6.07) is 17.4. The molecule has 1 fully saturated rings. The maximum absolute atomic E-state index is 12.3. The molecule has 3 aromatic rings. The number of aromatic nitrogens is 2. The van der Waals surface area contributed by atoms with Crippen molar-refractivity contribution in [3.8, 4) is 0 Å². The first-order chi connectivity index (χ1) is 13.8. The van der Waals surface area contributed by atoms with Crippen LogP contribution in [0.15, 0.2) is 73.2 Å². The van der Waals surface area contributed by atoms with Gasteiger partial charge in [0.25, 0.3) is 5.91 Å². The SMILES string of the molecule is O=C(Nc1ccccc1)c1ccc(CN2CCN(c3cnccn3)CC2)cc1. The third kappa shape index (κ3) is 4.53. The molecule has 0 spiro atoms. The summed E-state index contributed by atoms with van der Waals surface area (Å²) in [6.07, 6.45) is 5.25. The molecule has 142 valence electrons. The van der Waals surface area contributed by atoms with E-state index in [4.69, 9.17) is 0 Å². The van der Waals surface area contributed by atoms with Crippen LogP contribution in [0.25, 0.3) is 0 Å². The Bertz CT molecular complexity index is 891. The van der Waals surface area contributed by atoms with Crippen molar-refractivity contribution in [2.45, 2.75) is 6.54 Å². The highest BCUT2D eigenvalue weighted by atomic mass is 16.1. The van der Waals surface area contributed by atoms with Gasteiger partial charge in [-0.25, -0.2) is 4.98 Å². The van der Waals surface area contributed by atoms with Gasteiger partial charge in [0.15, 0.2) is 0 Å². The molecule has 28 heavy (non-hydrogen) atoms. The van der Waals surface area contributed by atoms with E-state index in [1.165, 1.54) is 5.56 Å². The maximum atomic E-state index is 12.3. The van der Waals surface area contributed by atoms with E-state index in [2.05, 4.69) is 25.1 Å². The number of amides is 1. The number of anilines is 2. The second kappa shape index (κ2) is 8.63. The number of nitrogens with one attached hydrogen (secondary N) is 1. The summed E-state index contributed by atoms with van der Waals surface area (Å²) in [6.45, 7) is 4.72. The largest absolute Gasteiger partial charge is 0.353 e. The molecule has 1 aliphatic rings. The third-order valence-corrected chi connectivity index (χ3v) is 4.90. The molecule has 0 bridgehead atoms. The van der Waals surface area contributed by atoms with Gasteiger partial charge in [-0.05, 0) is 29.8 Å². The van der Waals surface area contributed by atoms with E-state index in [-0.39, 0.29) is 5.91 Å². The van der Waals surface area contributed by atoms with Crippen molar-refractivity contribution in [3.63, 3.8) is 0 Å². The molecule has 0 unspecified atom stereocenters. The third-order valence-electron chi connectivity index (χ3n) is 4.90. The van der Waals surface area contributed by atoms with Gasteiger partial charge in [0, 0.05) is 56.4 Å². The number of carbonyl (C=O) groups is 1. The van der Waals surface area contributed by atoms with Gasteiger partial charge in [0.2, 0.25) is 0 Å². The molecule has 6 heteroatoms. The fraction of sp³-hybridized carbons (Fsp3) is 0.227. The number of para-hydroxylation sites is 1. The standard InChI is InChI=1S/C22H23N5O/c28-22(25-20-4-2-1-3-5-20)19-8-6-18(7-9-19)17-26-12-14-27(15-13-26)21-16-23-10-11-24-21/h1-11,16H,12-15,17H2,(H,25,28). The first kappa shape index (κ1) is 18.1. The maximum Gasteiger partial charge on any atom is 0.255 e. The van der Waals surface area contributed by atoms with Crippen molar-refractivity contribution in [3.05, 3.63) is 84.3 Å². The van der Waals surface area contributed by atoms with Crippen molar-refractivity contribution < 1.29 is 4.79 Å². The van der Waals surface area contributed by atoms with Crippen molar-refractivity contribution in [2.75, 3.05) is 36.4 Å². The molecule has 4 rings (SSSR count). The van der Waals surface area contributed by atoms with Gasteiger partial charge < -0.3 is 10.2 Å². The van der Waals surface area contributed by atoms with Crippen LogP contribution in [0.3, 0.4) is 0 Å². The molecule has 1 N–H and O–H groups in total. The molecule has 2 aromatic carbocycles. The summed E-state index contributed by atoms with van der Waals surface area (Å²) in [5, 5.41) is 2.91. The van der Waals surface area contributed by atoms with Gasteiger partial charge in [-0.2, -0.15) is 0 Å². The number of carbonyl (C=O) groups excluding carboxylic acids is 1. The van der Waals surface area contributed by atoms with Crippen molar-refractivity contribution in [1.82, 2.24) is 14.9 Å². The van der Waals surface area contributed by atoms with Crippen LogP contribution in [-0.4, -0.2) is 47.0 Å². The predicted molar refractivity (Wildman–Crippen MR) is 110 cm³/mol. The Kier molecular flexibility index (Phi) is 5.58. The van der Waals surface area contributed by atoms with Crippen LogP contribution in [0.5, 0.6) is 0 Å². The van der Waals surface area contributed by atoms with E-state index < -0.39 is 0 Å². The van der Waals surface area contributed by atoms with Gasteiger partial charge in [-0.15, -0.1) is 0 Å². The Balaban J connectivity index is 1.30. The van der Waals surface area contributed by atoms with E-state index in [9.17, 15) is 4.79 Å². The highest BCUT2D eigenvalue weighted by molar-refractivity contribution is 6.04. The second-order valence-electron chi connectivity index (χ2n) is 6.84. The lowest BCUT2D eigenvalue weighted by atomic mass is 10.1. The highest BCUT2D eigenvalue weighted by Crippen LogP contribution is 2.15. The average molecular weight is 373 g/mol. The normalized spacial score (nSPS) is 14.6. The Morgan fingerprint density at radius 2 is 1.68 bits per heavy atom. The quantitative estimate of drug-likeness (QED) is 0.745. The zero-order valence-electron chi connectivity index (χ0n) is 15.7. The molecule has 2 heterocycles. The molecule has 6 nitrogen and oxygen atoms in total. The minimum Gasteiger partial charge on any atom is -0.353 e. The topological polar surface area (TPSA) is 61.4 Å². The number of nitrogens with zero attached hydrogens (tertiary/aromatic N) is 4. The molecule has 1 saturated heterocycles. The van der Waals surface area contributed by atoms with Crippen LogP contribution in [0.2, 0.25) is 0 Å². The van der Waals surface area contributed by atoms with Crippen molar-refractivity contribution in [2.24, 2.45) is 0 Å². The number of rotatable bonds is 5. The summed E-state index contributed by atoms with van der Waals surface area (Å²) in [4.78, 5) is 25.6. The van der Waals surface area contributed by atoms with Crippen LogP contribution >= 0.6 is 0 Å². The number of piperazine rings is 1. The Morgan fingerprint density at radius 1 is 0.929 bits per heavy atom. The van der Waals surface area contributed by atoms with Gasteiger partial charge >= 0.3 is 0 Å². The molecule has 0 atom stereocenters. The molecule has 1 aliphatic heterocycles. The van der Waals surface area contributed by atoms with Gasteiger partial charge in [0.05, 0.1) is 6.20 Å². The molecule has 0 aliphatic carbocycles. The van der Waals surface area contributed by atoms with E-state index in [0.29, 0.717) is 5.56 Å². The van der Waals surface area contributed by atoms with Crippen LogP contribution in [0, 0.1) is 0 Å². The fourth-order valence-electron chi connectivity index (χ4n) is 3.33. The highest BCUT2D eigenvalue weighted by Gasteiger charge is 2.18. The van der Waals surface area contributed by atoms with Crippen LogP contribution in [-0.2, 0) is 6.54 Å². The molecule has 0 radical (unpaired) electrons. The predicted octanol–water partition coefficient (Wildman–Crippen LogP) is 3.05. The van der Waals surface area contributed by atoms with Gasteiger partial charge in [0.1, 0.15) is 5.82 Å². The summed E-state index contributed by atoms with van der Waals surface area (Å²) >= 11 is 0. The van der Waals surface area contributed by atoms with Crippen molar-refractivity contribution in [1.29, 1.82) is 0 Å². The minimum absolute atomic E-state index is 0.0877. The number of benzene rings is 2.